The summed E-state index contributed by atoms with van der Waals surface area (Å²) in [5, 5.41) is 0. The van der Waals surface area contributed by atoms with Crippen molar-refractivity contribution in [1.82, 2.24) is 9.97 Å². The van der Waals surface area contributed by atoms with Gasteiger partial charge >= 0.3 is 0 Å². The standard InChI is InChI=1S/C10H17N5/c1-7-3-4-15(6-7)9-5-8(2)12-10(13-9)14-11/h5,7H,3-4,6,11H2,1-2H3,(H,12,13,14). The average molecular weight is 207 g/mol. The summed E-state index contributed by atoms with van der Waals surface area (Å²) in [6, 6.07) is 2.00. The molecule has 5 heteroatoms. The Morgan fingerprint density at radius 1 is 1.53 bits per heavy atom. The molecule has 1 unspecified atom stereocenters. The number of nitrogens with one attached hydrogen (secondary N) is 1. The zero-order valence-electron chi connectivity index (χ0n) is 9.20. The smallest absolute Gasteiger partial charge is 0.239 e. The highest BCUT2D eigenvalue weighted by Crippen LogP contribution is 2.22. The van der Waals surface area contributed by atoms with Crippen LogP contribution in [-0.2, 0) is 0 Å². The SMILES string of the molecule is Cc1cc(N2CCC(C)C2)nc(NN)n1. The van der Waals surface area contributed by atoms with Crippen LogP contribution in [0.5, 0.6) is 0 Å². The Bertz CT molecular complexity index is 352. The number of nitrogens with zero attached hydrogens (tertiary/aromatic N) is 3. The molecule has 0 amide bonds. The minimum absolute atomic E-state index is 0.490. The number of hydrazine groups is 1. The fourth-order valence-corrected chi connectivity index (χ4v) is 1.92. The van der Waals surface area contributed by atoms with Crippen molar-refractivity contribution in [2.24, 2.45) is 11.8 Å². The van der Waals surface area contributed by atoms with Gasteiger partial charge in [0.25, 0.3) is 0 Å². The van der Waals surface area contributed by atoms with Crippen LogP contribution in [0, 0.1) is 12.8 Å². The first-order valence-electron chi connectivity index (χ1n) is 5.26. The summed E-state index contributed by atoms with van der Waals surface area (Å²) < 4.78 is 0. The normalized spacial score (nSPS) is 20.7. The zero-order chi connectivity index (χ0) is 10.8. The van der Waals surface area contributed by atoms with Gasteiger partial charge in [-0.15, -0.1) is 0 Å². The largest absolute Gasteiger partial charge is 0.356 e. The number of nitrogen functional groups attached to an aromatic ring is 1. The topological polar surface area (TPSA) is 67.1 Å². The van der Waals surface area contributed by atoms with E-state index >= 15 is 0 Å². The molecule has 1 aromatic heterocycles. The molecule has 1 atom stereocenters. The maximum absolute atomic E-state index is 5.32. The lowest BCUT2D eigenvalue weighted by Gasteiger charge is -2.17. The first kappa shape index (κ1) is 10.2. The predicted molar refractivity (Wildman–Crippen MR) is 60.6 cm³/mol. The fourth-order valence-electron chi connectivity index (χ4n) is 1.92. The predicted octanol–water partition coefficient (Wildman–Crippen LogP) is 0.917. The molecule has 82 valence electrons. The van der Waals surface area contributed by atoms with Crippen molar-refractivity contribution in [2.45, 2.75) is 20.3 Å². The Morgan fingerprint density at radius 3 is 2.93 bits per heavy atom. The van der Waals surface area contributed by atoms with E-state index in [1.54, 1.807) is 0 Å². The first-order valence-corrected chi connectivity index (χ1v) is 5.26. The molecule has 1 fully saturated rings. The Kier molecular flexibility index (Phi) is 2.73. The molecule has 2 heterocycles. The van der Waals surface area contributed by atoms with Gasteiger partial charge in [0, 0.05) is 24.8 Å². The van der Waals surface area contributed by atoms with E-state index < -0.39 is 0 Å². The first-order chi connectivity index (χ1) is 7.19. The van der Waals surface area contributed by atoms with E-state index in [9.17, 15) is 0 Å². The van der Waals surface area contributed by atoms with E-state index in [1.807, 2.05) is 13.0 Å². The third-order valence-electron chi connectivity index (χ3n) is 2.72. The Labute approximate surface area is 89.7 Å². The molecular weight excluding hydrogens is 190 g/mol. The lowest BCUT2D eigenvalue weighted by Crippen LogP contribution is -2.22. The summed E-state index contributed by atoms with van der Waals surface area (Å²) in [4.78, 5) is 10.8. The van der Waals surface area contributed by atoms with Crippen molar-refractivity contribution in [2.75, 3.05) is 23.4 Å². The molecule has 2 rings (SSSR count). The third-order valence-corrected chi connectivity index (χ3v) is 2.72. The van der Waals surface area contributed by atoms with Gasteiger partial charge in [-0.25, -0.2) is 10.8 Å². The van der Waals surface area contributed by atoms with E-state index in [0.717, 1.165) is 30.5 Å². The lowest BCUT2D eigenvalue weighted by molar-refractivity contribution is 0.659. The van der Waals surface area contributed by atoms with E-state index in [4.69, 9.17) is 5.84 Å². The van der Waals surface area contributed by atoms with Crippen LogP contribution in [-0.4, -0.2) is 23.1 Å². The molecule has 1 saturated heterocycles. The number of aromatic nitrogens is 2. The van der Waals surface area contributed by atoms with Crippen molar-refractivity contribution in [3.8, 4) is 0 Å². The Balaban J connectivity index is 2.24. The van der Waals surface area contributed by atoms with E-state index in [2.05, 4.69) is 27.2 Å². The highest BCUT2D eigenvalue weighted by Gasteiger charge is 2.20. The number of hydrogen-bond donors (Lipinski definition) is 2. The number of aryl methyl sites for hydroxylation is 1. The second-order valence-corrected chi connectivity index (χ2v) is 4.18. The van der Waals surface area contributed by atoms with Crippen molar-refractivity contribution in [3.05, 3.63) is 11.8 Å². The summed E-state index contributed by atoms with van der Waals surface area (Å²) in [7, 11) is 0. The van der Waals surface area contributed by atoms with Gasteiger partial charge < -0.3 is 4.90 Å². The van der Waals surface area contributed by atoms with Gasteiger partial charge in [0.05, 0.1) is 0 Å². The van der Waals surface area contributed by atoms with Gasteiger partial charge in [0.2, 0.25) is 5.95 Å². The summed E-state index contributed by atoms with van der Waals surface area (Å²) in [5.41, 5.74) is 3.43. The minimum Gasteiger partial charge on any atom is -0.356 e. The maximum atomic E-state index is 5.32. The van der Waals surface area contributed by atoms with Crippen LogP contribution in [0.4, 0.5) is 11.8 Å². The van der Waals surface area contributed by atoms with Gasteiger partial charge in [-0.05, 0) is 19.3 Å². The maximum Gasteiger partial charge on any atom is 0.239 e. The zero-order valence-corrected chi connectivity index (χ0v) is 9.20. The van der Waals surface area contributed by atoms with E-state index in [0.29, 0.717) is 5.95 Å². The highest BCUT2D eigenvalue weighted by atomic mass is 15.3. The molecular formula is C10H17N5. The molecule has 1 aliphatic rings. The van der Waals surface area contributed by atoms with Crippen molar-refractivity contribution < 1.29 is 0 Å². The number of anilines is 2. The van der Waals surface area contributed by atoms with E-state index in [1.165, 1.54) is 6.42 Å². The van der Waals surface area contributed by atoms with Gasteiger partial charge in [0.1, 0.15) is 5.82 Å². The summed E-state index contributed by atoms with van der Waals surface area (Å²) in [6.45, 7) is 6.35. The summed E-state index contributed by atoms with van der Waals surface area (Å²) >= 11 is 0. The van der Waals surface area contributed by atoms with Crippen LogP contribution in [0.1, 0.15) is 19.0 Å². The second-order valence-electron chi connectivity index (χ2n) is 4.18. The quantitative estimate of drug-likeness (QED) is 0.557. The Morgan fingerprint density at radius 2 is 2.33 bits per heavy atom. The summed E-state index contributed by atoms with van der Waals surface area (Å²) in [6.07, 6.45) is 1.23. The van der Waals surface area contributed by atoms with Crippen LogP contribution < -0.4 is 16.2 Å². The molecule has 0 aromatic carbocycles. The van der Waals surface area contributed by atoms with Crippen molar-refractivity contribution in [3.63, 3.8) is 0 Å². The van der Waals surface area contributed by atoms with Crippen molar-refractivity contribution >= 4 is 11.8 Å². The number of nitrogens with two attached hydrogens (primary N) is 1. The molecule has 5 nitrogen and oxygen atoms in total. The highest BCUT2D eigenvalue weighted by molar-refractivity contribution is 5.45. The van der Waals surface area contributed by atoms with Crippen molar-refractivity contribution in [1.29, 1.82) is 0 Å². The van der Waals surface area contributed by atoms with Gasteiger partial charge in [0.15, 0.2) is 0 Å². The third kappa shape index (κ3) is 2.18. The number of rotatable bonds is 2. The summed E-state index contributed by atoms with van der Waals surface area (Å²) in [5.74, 6) is 7.53. The Hall–Kier alpha value is -1.36. The van der Waals surface area contributed by atoms with Gasteiger partial charge in [-0.1, -0.05) is 6.92 Å². The molecule has 0 saturated carbocycles. The molecule has 15 heavy (non-hydrogen) atoms. The average Bonchev–Trinajstić information content (AvgIpc) is 2.64. The molecule has 0 aliphatic carbocycles. The monoisotopic (exact) mass is 207 g/mol. The lowest BCUT2D eigenvalue weighted by atomic mass is 10.2. The fraction of sp³-hybridized carbons (Fsp3) is 0.600. The van der Waals surface area contributed by atoms with Crippen LogP contribution in [0.25, 0.3) is 0 Å². The number of hydrogen-bond acceptors (Lipinski definition) is 5. The van der Waals surface area contributed by atoms with Crippen LogP contribution in [0.3, 0.4) is 0 Å². The molecule has 0 radical (unpaired) electrons. The molecule has 0 bridgehead atoms. The van der Waals surface area contributed by atoms with Gasteiger partial charge in [-0.2, -0.15) is 4.98 Å². The van der Waals surface area contributed by atoms with Crippen LogP contribution in [0.15, 0.2) is 6.07 Å². The van der Waals surface area contributed by atoms with Crippen LogP contribution in [0.2, 0.25) is 0 Å². The van der Waals surface area contributed by atoms with E-state index in [-0.39, 0.29) is 0 Å². The molecule has 1 aromatic rings. The van der Waals surface area contributed by atoms with Crippen LogP contribution >= 0.6 is 0 Å². The van der Waals surface area contributed by atoms with Gasteiger partial charge in [-0.3, -0.25) is 5.43 Å². The second kappa shape index (κ2) is 4.02. The minimum atomic E-state index is 0.490. The molecule has 0 spiro atoms. The molecule has 1 aliphatic heterocycles. The molecule has 3 N–H and O–H groups in total.